The fourth-order valence-corrected chi connectivity index (χ4v) is 2.03. The fraction of sp³-hybridized carbons (Fsp3) is 0.438. The summed E-state index contributed by atoms with van der Waals surface area (Å²) < 4.78 is 5.60. The Hall–Kier alpha value is -1.81. The minimum atomic E-state index is 0.690. The minimum Gasteiger partial charge on any atom is -0.397 e. The third kappa shape index (κ3) is 3.84. The third-order valence-electron chi connectivity index (χ3n) is 3.20. The molecule has 1 aromatic carbocycles. The molecule has 4 heteroatoms. The summed E-state index contributed by atoms with van der Waals surface area (Å²) in [7, 11) is 0. The van der Waals surface area contributed by atoms with Crippen molar-refractivity contribution in [3.8, 4) is 0 Å². The lowest BCUT2D eigenvalue weighted by molar-refractivity contribution is 0.133. The normalized spacial score (nSPS) is 11.2. The van der Waals surface area contributed by atoms with Gasteiger partial charge in [0.15, 0.2) is 0 Å². The summed E-state index contributed by atoms with van der Waals surface area (Å²) in [5.41, 5.74) is 8.54. The molecule has 0 aliphatic heterocycles. The van der Waals surface area contributed by atoms with Gasteiger partial charge in [-0.05, 0) is 36.6 Å². The van der Waals surface area contributed by atoms with Crippen molar-refractivity contribution >= 4 is 22.3 Å². The van der Waals surface area contributed by atoms with Crippen LogP contribution in [0.4, 0.5) is 11.4 Å². The molecule has 1 aromatic heterocycles. The Morgan fingerprint density at radius 3 is 2.90 bits per heavy atom. The highest BCUT2D eigenvalue weighted by atomic mass is 16.5. The Kier molecular flexibility index (Phi) is 5.18. The standard InChI is InChI=1S/C16H23N3O/c1-12(2)7-10-20-11-9-18-15-6-5-14(17)16-13(15)4-3-8-19-16/h3-6,8,12,18H,7,9-11,17H2,1-2H3. The molecule has 2 rings (SSSR count). The van der Waals surface area contributed by atoms with Crippen LogP contribution in [0.15, 0.2) is 30.5 Å². The number of nitrogens with zero attached hydrogens (tertiary/aromatic N) is 1. The van der Waals surface area contributed by atoms with Crippen molar-refractivity contribution < 1.29 is 4.74 Å². The van der Waals surface area contributed by atoms with Crippen LogP contribution in [0.5, 0.6) is 0 Å². The summed E-state index contributed by atoms with van der Waals surface area (Å²) in [6, 6.07) is 7.83. The number of fused-ring (bicyclic) bond motifs is 1. The van der Waals surface area contributed by atoms with Crippen LogP contribution < -0.4 is 11.1 Å². The Balaban J connectivity index is 1.89. The molecule has 2 aromatic rings. The summed E-state index contributed by atoms with van der Waals surface area (Å²) in [6.07, 6.45) is 2.87. The highest BCUT2D eigenvalue weighted by Crippen LogP contribution is 2.26. The van der Waals surface area contributed by atoms with Crippen molar-refractivity contribution in [1.29, 1.82) is 0 Å². The fourth-order valence-electron chi connectivity index (χ4n) is 2.03. The van der Waals surface area contributed by atoms with E-state index >= 15 is 0 Å². The van der Waals surface area contributed by atoms with Crippen LogP contribution in [0.3, 0.4) is 0 Å². The number of nitrogens with one attached hydrogen (secondary N) is 1. The van der Waals surface area contributed by atoms with E-state index in [9.17, 15) is 0 Å². The molecule has 0 fully saturated rings. The number of hydrogen-bond donors (Lipinski definition) is 2. The van der Waals surface area contributed by atoms with E-state index in [-0.39, 0.29) is 0 Å². The molecule has 1 heterocycles. The quantitative estimate of drug-likeness (QED) is 0.600. The Morgan fingerprint density at radius 1 is 1.25 bits per heavy atom. The zero-order valence-electron chi connectivity index (χ0n) is 12.2. The van der Waals surface area contributed by atoms with Crippen LogP contribution >= 0.6 is 0 Å². The Morgan fingerprint density at radius 2 is 2.10 bits per heavy atom. The number of nitrogen functional groups attached to an aromatic ring is 1. The van der Waals surface area contributed by atoms with Crippen molar-refractivity contribution in [1.82, 2.24) is 4.98 Å². The molecule has 3 N–H and O–H groups in total. The molecule has 0 saturated heterocycles. The van der Waals surface area contributed by atoms with Gasteiger partial charge in [0.2, 0.25) is 0 Å². The van der Waals surface area contributed by atoms with E-state index in [0.29, 0.717) is 18.2 Å². The van der Waals surface area contributed by atoms with E-state index < -0.39 is 0 Å². The van der Waals surface area contributed by atoms with E-state index in [4.69, 9.17) is 10.5 Å². The van der Waals surface area contributed by atoms with Gasteiger partial charge < -0.3 is 15.8 Å². The molecule has 108 valence electrons. The van der Waals surface area contributed by atoms with Gasteiger partial charge in [-0.2, -0.15) is 0 Å². The monoisotopic (exact) mass is 273 g/mol. The molecule has 0 aliphatic carbocycles. The van der Waals surface area contributed by atoms with E-state index in [0.717, 1.165) is 36.2 Å². The molecule has 0 saturated carbocycles. The van der Waals surface area contributed by atoms with Gasteiger partial charge in [0.1, 0.15) is 0 Å². The van der Waals surface area contributed by atoms with Gasteiger partial charge in [0.25, 0.3) is 0 Å². The van der Waals surface area contributed by atoms with Gasteiger partial charge in [-0.15, -0.1) is 0 Å². The summed E-state index contributed by atoms with van der Waals surface area (Å²) >= 11 is 0. The van der Waals surface area contributed by atoms with E-state index in [2.05, 4.69) is 24.1 Å². The predicted octanol–water partition coefficient (Wildman–Crippen LogP) is 3.29. The van der Waals surface area contributed by atoms with E-state index in [1.165, 1.54) is 0 Å². The second kappa shape index (κ2) is 7.10. The van der Waals surface area contributed by atoms with Crippen molar-refractivity contribution in [3.63, 3.8) is 0 Å². The molecule has 0 amide bonds. The van der Waals surface area contributed by atoms with E-state index in [1.807, 2.05) is 24.3 Å². The number of hydrogen-bond acceptors (Lipinski definition) is 4. The maximum Gasteiger partial charge on any atom is 0.0951 e. The lowest BCUT2D eigenvalue weighted by Gasteiger charge is -2.11. The largest absolute Gasteiger partial charge is 0.397 e. The highest BCUT2D eigenvalue weighted by molar-refractivity contribution is 5.98. The molecule has 0 unspecified atom stereocenters. The van der Waals surface area contributed by atoms with Crippen LogP contribution in [0, 0.1) is 5.92 Å². The van der Waals surface area contributed by atoms with Gasteiger partial charge >= 0.3 is 0 Å². The van der Waals surface area contributed by atoms with E-state index in [1.54, 1.807) is 6.20 Å². The third-order valence-corrected chi connectivity index (χ3v) is 3.20. The predicted molar refractivity (Wildman–Crippen MR) is 84.9 cm³/mol. The van der Waals surface area contributed by atoms with Gasteiger partial charge in [0, 0.05) is 30.4 Å². The molecule has 0 atom stereocenters. The van der Waals surface area contributed by atoms with Gasteiger partial charge in [-0.1, -0.05) is 13.8 Å². The average molecular weight is 273 g/mol. The number of benzene rings is 1. The number of nitrogens with two attached hydrogens (primary N) is 1. The first-order valence-corrected chi connectivity index (χ1v) is 7.13. The highest BCUT2D eigenvalue weighted by Gasteiger charge is 2.04. The average Bonchev–Trinajstić information content (AvgIpc) is 2.45. The molecular weight excluding hydrogens is 250 g/mol. The van der Waals surface area contributed by atoms with Crippen LogP contribution in [0.1, 0.15) is 20.3 Å². The SMILES string of the molecule is CC(C)CCOCCNc1ccc(N)c2ncccc12. The van der Waals surface area contributed by atoms with Gasteiger partial charge in [0.05, 0.1) is 17.8 Å². The van der Waals surface area contributed by atoms with Crippen LogP contribution in [-0.4, -0.2) is 24.7 Å². The smallest absolute Gasteiger partial charge is 0.0951 e. The molecular formula is C16H23N3O. The maximum atomic E-state index is 5.93. The summed E-state index contributed by atoms with van der Waals surface area (Å²) in [4.78, 5) is 4.32. The minimum absolute atomic E-state index is 0.690. The lowest BCUT2D eigenvalue weighted by atomic mass is 10.1. The molecule has 0 spiro atoms. The van der Waals surface area contributed by atoms with Crippen molar-refractivity contribution in [2.75, 3.05) is 30.8 Å². The maximum absolute atomic E-state index is 5.93. The van der Waals surface area contributed by atoms with Crippen LogP contribution in [-0.2, 0) is 4.74 Å². The molecule has 20 heavy (non-hydrogen) atoms. The molecule has 0 aliphatic rings. The summed E-state index contributed by atoms with van der Waals surface area (Å²) in [6.45, 7) is 6.72. The zero-order chi connectivity index (χ0) is 14.4. The zero-order valence-corrected chi connectivity index (χ0v) is 12.2. The Bertz CT molecular complexity index is 554. The molecule has 0 radical (unpaired) electrons. The van der Waals surface area contributed by atoms with Crippen LogP contribution in [0.2, 0.25) is 0 Å². The molecule has 4 nitrogen and oxygen atoms in total. The number of aromatic nitrogens is 1. The number of anilines is 2. The number of pyridine rings is 1. The van der Waals surface area contributed by atoms with Crippen molar-refractivity contribution in [3.05, 3.63) is 30.5 Å². The van der Waals surface area contributed by atoms with Crippen molar-refractivity contribution in [2.24, 2.45) is 5.92 Å². The number of ether oxygens (including phenoxy) is 1. The van der Waals surface area contributed by atoms with Crippen LogP contribution in [0.25, 0.3) is 10.9 Å². The Labute approximate surface area is 120 Å². The first kappa shape index (κ1) is 14.6. The number of rotatable bonds is 7. The first-order chi connectivity index (χ1) is 9.68. The second-order valence-corrected chi connectivity index (χ2v) is 5.32. The van der Waals surface area contributed by atoms with Crippen molar-refractivity contribution in [2.45, 2.75) is 20.3 Å². The van der Waals surface area contributed by atoms with Gasteiger partial charge in [-0.25, -0.2) is 0 Å². The van der Waals surface area contributed by atoms with Gasteiger partial charge in [-0.3, -0.25) is 4.98 Å². The summed E-state index contributed by atoms with van der Waals surface area (Å²) in [5, 5.41) is 4.43. The molecule has 0 bridgehead atoms. The first-order valence-electron chi connectivity index (χ1n) is 7.13. The summed E-state index contributed by atoms with van der Waals surface area (Å²) in [5.74, 6) is 0.690. The topological polar surface area (TPSA) is 60.2 Å². The second-order valence-electron chi connectivity index (χ2n) is 5.32. The lowest BCUT2D eigenvalue weighted by Crippen LogP contribution is -2.11.